The Bertz CT molecular complexity index is 1150. The van der Waals surface area contributed by atoms with Crippen molar-refractivity contribution in [3.8, 4) is 5.88 Å². The molecule has 0 spiro atoms. The van der Waals surface area contributed by atoms with Crippen LogP contribution in [0.25, 0.3) is 10.8 Å². The molecule has 0 aliphatic heterocycles. The van der Waals surface area contributed by atoms with Crippen LogP contribution in [-0.2, 0) is 17.8 Å². The number of nitrogens with one attached hydrogen (secondary N) is 2. The molecule has 0 saturated heterocycles. The van der Waals surface area contributed by atoms with Gasteiger partial charge in [0.05, 0.1) is 11.3 Å². The number of hydrogen-bond donors (Lipinski definition) is 3. The Kier molecular flexibility index (Phi) is 5.64. The molecule has 3 N–H and O–H groups in total. The van der Waals surface area contributed by atoms with Crippen molar-refractivity contribution in [3.63, 3.8) is 0 Å². The molecule has 0 fully saturated rings. The predicted molar refractivity (Wildman–Crippen MR) is 119 cm³/mol. The number of carbonyl (C=O) groups excluding carboxylic acids is 1. The number of anilines is 2. The van der Waals surface area contributed by atoms with Gasteiger partial charge in [-0.15, -0.1) is 0 Å². The zero-order chi connectivity index (χ0) is 20.2. The van der Waals surface area contributed by atoms with Crippen molar-refractivity contribution in [1.29, 1.82) is 0 Å². The number of aromatic nitrogens is 1. The van der Waals surface area contributed by atoms with Crippen LogP contribution in [0.15, 0.2) is 66.7 Å². The normalized spacial score (nSPS) is 10.8. The molecule has 29 heavy (non-hydrogen) atoms. The van der Waals surface area contributed by atoms with Crippen molar-refractivity contribution in [2.24, 2.45) is 0 Å². The molecule has 0 radical (unpaired) electrons. The molecular formula is C22H18ClN3O2S. The average molecular weight is 424 g/mol. The maximum absolute atomic E-state index is 12.5. The first-order valence-corrected chi connectivity index (χ1v) is 10.2. The Labute approximate surface area is 177 Å². The van der Waals surface area contributed by atoms with Crippen LogP contribution >= 0.6 is 22.9 Å². The SMILES string of the molecule is O=C(Cc1sc(NCc2ccc(Cl)cc2)nc1O)Nc1cccc2ccccc12. The summed E-state index contributed by atoms with van der Waals surface area (Å²) in [5.74, 6) is -0.328. The second kappa shape index (κ2) is 8.51. The molecule has 4 aromatic rings. The van der Waals surface area contributed by atoms with Gasteiger partial charge in [0, 0.05) is 22.6 Å². The maximum Gasteiger partial charge on any atom is 0.229 e. The number of fused-ring (bicyclic) bond motifs is 1. The monoisotopic (exact) mass is 423 g/mol. The van der Waals surface area contributed by atoms with E-state index in [1.807, 2.05) is 66.7 Å². The molecule has 1 aromatic heterocycles. The lowest BCUT2D eigenvalue weighted by atomic mass is 10.1. The van der Waals surface area contributed by atoms with E-state index in [0.29, 0.717) is 21.6 Å². The smallest absolute Gasteiger partial charge is 0.229 e. The highest BCUT2D eigenvalue weighted by atomic mass is 35.5. The molecule has 1 amide bonds. The molecule has 3 aromatic carbocycles. The summed E-state index contributed by atoms with van der Waals surface area (Å²) in [6.45, 7) is 0.547. The summed E-state index contributed by atoms with van der Waals surface area (Å²) in [7, 11) is 0. The first-order valence-electron chi connectivity index (χ1n) is 9.03. The molecular weight excluding hydrogens is 406 g/mol. The molecule has 1 heterocycles. The first-order chi connectivity index (χ1) is 14.1. The summed E-state index contributed by atoms with van der Waals surface area (Å²) >= 11 is 7.16. The number of halogens is 1. The van der Waals surface area contributed by atoms with Crippen LogP contribution in [0.3, 0.4) is 0 Å². The Balaban J connectivity index is 1.41. The third kappa shape index (κ3) is 4.67. The molecule has 0 bridgehead atoms. The predicted octanol–water partition coefficient (Wildman–Crippen LogP) is 5.45. The molecule has 0 saturated carbocycles. The molecule has 0 unspecified atom stereocenters. The Hall–Kier alpha value is -3.09. The van der Waals surface area contributed by atoms with E-state index in [1.54, 1.807) is 0 Å². The van der Waals surface area contributed by atoms with Gasteiger partial charge >= 0.3 is 0 Å². The minimum Gasteiger partial charge on any atom is -0.492 e. The largest absolute Gasteiger partial charge is 0.492 e. The van der Waals surface area contributed by atoms with Crippen LogP contribution in [0.5, 0.6) is 5.88 Å². The van der Waals surface area contributed by atoms with Crippen molar-refractivity contribution in [3.05, 3.63) is 82.2 Å². The number of rotatable bonds is 6. The fourth-order valence-electron chi connectivity index (χ4n) is 2.99. The maximum atomic E-state index is 12.5. The van der Waals surface area contributed by atoms with Crippen LogP contribution in [0, 0.1) is 0 Å². The lowest BCUT2D eigenvalue weighted by Gasteiger charge is -2.08. The summed E-state index contributed by atoms with van der Waals surface area (Å²) in [5, 5.41) is 19.5. The van der Waals surface area contributed by atoms with Crippen LogP contribution in [0.4, 0.5) is 10.8 Å². The van der Waals surface area contributed by atoms with Crippen LogP contribution in [0.2, 0.25) is 5.02 Å². The Morgan fingerprint density at radius 3 is 2.62 bits per heavy atom. The van der Waals surface area contributed by atoms with Crippen LogP contribution < -0.4 is 10.6 Å². The van der Waals surface area contributed by atoms with Gasteiger partial charge in [-0.25, -0.2) is 0 Å². The lowest BCUT2D eigenvalue weighted by molar-refractivity contribution is -0.115. The molecule has 4 rings (SSSR count). The molecule has 146 valence electrons. The highest BCUT2D eigenvalue weighted by Gasteiger charge is 2.15. The van der Waals surface area contributed by atoms with E-state index >= 15 is 0 Å². The van der Waals surface area contributed by atoms with Gasteiger partial charge in [0.25, 0.3) is 0 Å². The topological polar surface area (TPSA) is 74.2 Å². The van der Waals surface area contributed by atoms with Gasteiger partial charge < -0.3 is 15.7 Å². The van der Waals surface area contributed by atoms with Crippen LogP contribution in [0.1, 0.15) is 10.4 Å². The number of nitrogens with zero attached hydrogens (tertiary/aromatic N) is 1. The van der Waals surface area contributed by atoms with E-state index in [4.69, 9.17) is 11.6 Å². The van der Waals surface area contributed by atoms with Gasteiger partial charge in [-0.1, -0.05) is 71.5 Å². The number of aromatic hydroxyl groups is 1. The van der Waals surface area contributed by atoms with Crippen molar-refractivity contribution in [1.82, 2.24) is 4.98 Å². The van der Waals surface area contributed by atoms with Gasteiger partial charge in [0.2, 0.25) is 11.8 Å². The quantitative estimate of drug-likeness (QED) is 0.385. The number of benzene rings is 3. The first kappa shape index (κ1) is 19.2. The van der Waals surface area contributed by atoms with Gasteiger partial charge in [-0.2, -0.15) is 4.98 Å². The number of thiazole rings is 1. The third-order valence-corrected chi connectivity index (χ3v) is 5.67. The molecule has 0 aliphatic rings. The average Bonchev–Trinajstić information content (AvgIpc) is 3.07. The van der Waals surface area contributed by atoms with Crippen LogP contribution in [-0.4, -0.2) is 16.0 Å². The van der Waals surface area contributed by atoms with E-state index in [-0.39, 0.29) is 18.2 Å². The highest BCUT2D eigenvalue weighted by molar-refractivity contribution is 7.16. The van der Waals surface area contributed by atoms with Gasteiger partial charge in [-0.05, 0) is 29.1 Å². The highest BCUT2D eigenvalue weighted by Crippen LogP contribution is 2.30. The number of amides is 1. The minimum atomic E-state index is -0.204. The van der Waals surface area contributed by atoms with Gasteiger partial charge in [-0.3, -0.25) is 4.79 Å². The summed E-state index contributed by atoms with van der Waals surface area (Å²) in [6.07, 6.45) is 0.0509. The summed E-state index contributed by atoms with van der Waals surface area (Å²) in [6, 6.07) is 21.1. The second-order valence-electron chi connectivity index (χ2n) is 6.50. The van der Waals surface area contributed by atoms with Crippen molar-refractivity contribution >= 4 is 50.4 Å². The Morgan fingerprint density at radius 2 is 1.79 bits per heavy atom. The number of hydrogen-bond acceptors (Lipinski definition) is 5. The molecule has 7 heteroatoms. The molecule has 5 nitrogen and oxygen atoms in total. The van der Waals surface area contributed by atoms with Crippen molar-refractivity contribution < 1.29 is 9.90 Å². The summed E-state index contributed by atoms with van der Waals surface area (Å²) in [5.41, 5.74) is 1.79. The zero-order valence-electron chi connectivity index (χ0n) is 15.4. The Morgan fingerprint density at radius 1 is 1.03 bits per heavy atom. The van der Waals surface area contributed by atoms with Gasteiger partial charge in [0.1, 0.15) is 0 Å². The summed E-state index contributed by atoms with van der Waals surface area (Å²) < 4.78 is 0. The van der Waals surface area contributed by atoms with Crippen molar-refractivity contribution in [2.45, 2.75) is 13.0 Å². The fourth-order valence-corrected chi connectivity index (χ4v) is 3.97. The van der Waals surface area contributed by atoms with E-state index in [1.165, 1.54) is 11.3 Å². The second-order valence-corrected chi connectivity index (χ2v) is 8.02. The van der Waals surface area contributed by atoms with E-state index in [2.05, 4.69) is 15.6 Å². The summed E-state index contributed by atoms with van der Waals surface area (Å²) in [4.78, 5) is 17.1. The molecule has 0 aliphatic carbocycles. The minimum absolute atomic E-state index is 0.0509. The van der Waals surface area contributed by atoms with E-state index in [9.17, 15) is 9.90 Å². The number of carbonyl (C=O) groups is 1. The van der Waals surface area contributed by atoms with E-state index < -0.39 is 0 Å². The van der Waals surface area contributed by atoms with Crippen molar-refractivity contribution in [2.75, 3.05) is 10.6 Å². The zero-order valence-corrected chi connectivity index (χ0v) is 16.9. The fraction of sp³-hybridized carbons (Fsp3) is 0.0909. The van der Waals surface area contributed by atoms with Gasteiger partial charge in [0.15, 0.2) is 5.13 Å². The molecule has 0 atom stereocenters. The lowest BCUT2D eigenvalue weighted by Crippen LogP contribution is -2.14. The standard InChI is InChI=1S/C22H18ClN3O2S/c23-16-10-8-14(9-11-16)13-24-22-26-21(28)19(29-22)12-20(27)25-18-7-3-5-15-4-1-2-6-17(15)18/h1-11,28H,12-13H2,(H,24,26)(H,25,27). The third-order valence-electron chi connectivity index (χ3n) is 4.42. The van der Waals surface area contributed by atoms with E-state index in [0.717, 1.165) is 22.0 Å².